The Kier molecular flexibility index (Phi) is 7.83. The molecule has 214 valence electrons. The normalized spacial score (nSPS) is 16.6. The van der Waals surface area contributed by atoms with Crippen molar-refractivity contribution in [3.63, 3.8) is 0 Å². The van der Waals surface area contributed by atoms with Crippen LogP contribution >= 0.6 is 0 Å². The van der Waals surface area contributed by atoms with E-state index in [1.54, 1.807) is 10.8 Å². The molecule has 0 bridgehead atoms. The number of hydrogen-bond acceptors (Lipinski definition) is 5. The molecule has 0 spiro atoms. The first-order valence-electron chi connectivity index (χ1n) is 14.6. The zero-order valence-corrected chi connectivity index (χ0v) is 23.9. The predicted octanol–water partition coefficient (Wildman–Crippen LogP) is 5.59. The maximum absolute atomic E-state index is 13.5. The van der Waals surface area contributed by atoms with Gasteiger partial charge in [0, 0.05) is 49.0 Å². The number of ether oxygens (including phenoxy) is 1. The lowest BCUT2D eigenvalue weighted by atomic mass is 9.97. The molecule has 2 aromatic carbocycles. The molecule has 1 atom stereocenters. The Morgan fingerprint density at radius 3 is 2.46 bits per heavy atom. The van der Waals surface area contributed by atoms with E-state index in [2.05, 4.69) is 35.3 Å². The first kappa shape index (κ1) is 27.1. The van der Waals surface area contributed by atoms with Crippen LogP contribution in [-0.2, 0) is 16.0 Å². The van der Waals surface area contributed by atoms with Gasteiger partial charge in [0.15, 0.2) is 0 Å². The van der Waals surface area contributed by atoms with Crippen molar-refractivity contribution >= 4 is 28.5 Å². The summed E-state index contributed by atoms with van der Waals surface area (Å²) in [6, 6.07) is 17.7. The van der Waals surface area contributed by atoms with Gasteiger partial charge >= 0.3 is 6.03 Å². The molecule has 0 saturated carbocycles. The van der Waals surface area contributed by atoms with E-state index in [-0.39, 0.29) is 18.4 Å². The zero-order valence-electron chi connectivity index (χ0n) is 23.9. The highest BCUT2D eigenvalue weighted by Crippen LogP contribution is 2.34. The van der Waals surface area contributed by atoms with Gasteiger partial charge in [-0.1, -0.05) is 18.2 Å². The van der Waals surface area contributed by atoms with Crippen LogP contribution in [-0.4, -0.2) is 60.8 Å². The molecule has 8 heteroatoms. The average molecular weight is 555 g/mol. The summed E-state index contributed by atoms with van der Waals surface area (Å²) in [4.78, 5) is 30.8. The van der Waals surface area contributed by atoms with E-state index in [0.717, 1.165) is 52.3 Å². The molecule has 0 aliphatic carbocycles. The van der Waals surface area contributed by atoms with Crippen LogP contribution in [0.15, 0.2) is 65.2 Å². The fraction of sp³-hybridized carbons (Fsp3) is 0.394. The second-order valence-corrected chi connectivity index (χ2v) is 11.2. The zero-order chi connectivity index (χ0) is 28.3. The number of hydrogen-bond donors (Lipinski definition) is 1. The SMILES string of the molecule is Cc1ccc(C(NC(=O)Cc2ccc3c(ccn3C(=O)N3CCOCC3)c2)c2ccc(C)o2)c(N2CCCCC2)c1. The Morgan fingerprint density at radius 2 is 1.71 bits per heavy atom. The van der Waals surface area contributed by atoms with E-state index in [1.807, 2.05) is 48.2 Å². The van der Waals surface area contributed by atoms with Gasteiger partial charge in [0.2, 0.25) is 5.91 Å². The largest absolute Gasteiger partial charge is 0.464 e. The Morgan fingerprint density at radius 1 is 0.902 bits per heavy atom. The van der Waals surface area contributed by atoms with Crippen molar-refractivity contribution in [1.29, 1.82) is 0 Å². The van der Waals surface area contributed by atoms with Crippen LogP contribution in [0, 0.1) is 13.8 Å². The number of carbonyl (C=O) groups excluding carboxylic acids is 2. The summed E-state index contributed by atoms with van der Waals surface area (Å²) in [6.07, 6.45) is 5.63. The highest BCUT2D eigenvalue weighted by molar-refractivity contribution is 5.92. The molecular weight excluding hydrogens is 516 g/mol. The number of aryl methyl sites for hydroxylation is 2. The molecule has 1 N–H and O–H groups in total. The van der Waals surface area contributed by atoms with Crippen LogP contribution in [0.25, 0.3) is 10.9 Å². The molecule has 4 heterocycles. The molecule has 0 radical (unpaired) electrons. The Hall–Kier alpha value is -4.04. The summed E-state index contributed by atoms with van der Waals surface area (Å²) in [5, 5.41) is 4.22. The first-order chi connectivity index (χ1) is 20.0. The number of rotatable bonds is 6. The van der Waals surface area contributed by atoms with Crippen LogP contribution in [0.4, 0.5) is 10.5 Å². The van der Waals surface area contributed by atoms with E-state index in [1.165, 1.54) is 24.8 Å². The van der Waals surface area contributed by atoms with E-state index in [0.29, 0.717) is 26.3 Å². The van der Waals surface area contributed by atoms with Gasteiger partial charge in [0.05, 0.1) is 25.2 Å². The second kappa shape index (κ2) is 11.8. The van der Waals surface area contributed by atoms with Gasteiger partial charge in [0.1, 0.15) is 17.6 Å². The van der Waals surface area contributed by atoms with Crippen LogP contribution in [0.5, 0.6) is 0 Å². The molecule has 2 aliphatic heterocycles. The van der Waals surface area contributed by atoms with Crippen molar-refractivity contribution in [2.75, 3.05) is 44.3 Å². The van der Waals surface area contributed by atoms with Crippen molar-refractivity contribution in [3.05, 3.63) is 89.0 Å². The smallest absolute Gasteiger partial charge is 0.328 e. The summed E-state index contributed by atoms with van der Waals surface area (Å²) in [5.41, 5.74) is 5.13. The van der Waals surface area contributed by atoms with Gasteiger partial charge in [-0.3, -0.25) is 9.36 Å². The maximum Gasteiger partial charge on any atom is 0.328 e. The minimum atomic E-state index is -0.398. The minimum Gasteiger partial charge on any atom is -0.464 e. The summed E-state index contributed by atoms with van der Waals surface area (Å²) in [7, 11) is 0. The third kappa shape index (κ3) is 5.88. The minimum absolute atomic E-state index is 0.0482. The summed E-state index contributed by atoms with van der Waals surface area (Å²) in [5.74, 6) is 1.46. The van der Waals surface area contributed by atoms with E-state index in [4.69, 9.17) is 9.15 Å². The number of carbonyl (C=O) groups is 2. The molecule has 4 aromatic rings. The van der Waals surface area contributed by atoms with Crippen LogP contribution < -0.4 is 10.2 Å². The number of furan rings is 1. The number of morpholine rings is 1. The third-order valence-electron chi connectivity index (χ3n) is 8.15. The van der Waals surface area contributed by atoms with Crippen molar-refractivity contribution in [2.24, 2.45) is 0 Å². The fourth-order valence-corrected chi connectivity index (χ4v) is 5.99. The molecule has 6 rings (SSSR count). The number of nitrogens with zero attached hydrogens (tertiary/aromatic N) is 3. The Balaban J connectivity index is 1.24. The van der Waals surface area contributed by atoms with E-state index >= 15 is 0 Å². The maximum atomic E-state index is 13.5. The number of fused-ring (bicyclic) bond motifs is 1. The summed E-state index contributed by atoms with van der Waals surface area (Å²) < 4.78 is 13.1. The van der Waals surface area contributed by atoms with E-state index < -0.39 is 6.04 Å². The topological polar surface area (TPSA) is 80.0 Å². The number of benzene rings is 2. The lowest BCUT2D eigenvalue weighted by molar-refractivity contribution is -0.121. The van der Waals surface area contributed by atoms with Crippen molar-refractivity contribution in [1.82, 2.24) is 14.8 Å². The van der Waals surface area contributed by atoms with Crippen LogP contribution in [0.3, 0.4) is 0 Å². The average Bonchev–Trinajstić information content (AvgIpc) is 3.62. The standard InChI is InChI=1S/C33H38N4O4/c1-23-6-9-27(29(20-23)35-13-4-3-5-14-35)32(30-11-7-24(2)41-30)34-31(38)22-25-8-10-28-26(21-25)12-15-37(28)33(39)36-16-18-40-19-17-36/h6-12,15,20-21,32H,3-5,13-14,16-19,22H2,1-2H3,(H,34,38). The quantitative estimate of drug-likeness (QED) is 0.336. The number of amides is 2. The Labute approximate surface area is 240 Å². The molecular formula is C33H38N4O4. The van der Waals surface area contributed by atoms with Crippen molar-refractivity contribution < 1.29 is 18.7 Å². The predicted molar refractivity (Wildman–Crippen MR) is 160 cm³/mol. The molecule has 2 fully saturated rings. The summed E-state index contributed by atoms with van der Waals surface area (Å²) in [6.45, 7) is 8.37. The molecule has 1 unspecified atom stereocenters. The second-order valence-electron chi connectivity index (χ2n) is 11.2. The Bertz CT molecular complexity index is 1540. The number of nitrogens with one attached hydrogen (secondary N) is 1. The van der Waals surface area contributed by atoms with Gasteiger partial charge in [-0.25, -0.2) is 4.79 Å². The van der Waals surface area contributed by atoms with Gasteiger partial charge in [-0.05, 0) is 80.6 Å². The number of aromatic nitrogens is 1. The van der Waals surface area contributed by atoms with Crippen molar-refractivity contribution in [3.8, 4) is 0 Å². The van der Waals surface area contributed by atoms with Gasteiger partial charge in [-0.15, -0.1) is 0 Å². The highest BCUT2D eigenvalue weighted by Gasteiger charge is 2.26. The monoisotopic (exact) mass is 554 g/mol. The lowest BCUT2D eigenvalue weighted by Gasteiger charge is -2.32. The molecule has 2 amide bonds. The van der Waals surface area contributed by atoms with Gasteiger partial charge < -0.3 is 24.3 Å². The molecule has 2 aromatic heterocycles. The molecule has 41 heavy (non-hydrogen) atoms. The molecule has 2 aliphatic rings. The van der Waals surface area contributed by atoms with Gasteiger partial charge in [0.25, 0.3) is 0 Å². The highest BCUT2D eigenvalue weighted by atomic mass is 16.5. The molecule has 8 nitrogen and oxygen atoms in total. The van der Waals surface area contributed by atoms with Crippen molar-refractivity contribution in [2.45, 2.75) is 45.6 Å². The first-order valence-corrected chi connectivity index (χ1v) is 14.6. The number of piperidine rings is 1. The van der Waals surface area contributed by atoms with Gasteiger partial charge in [-0.2, -0.15) is 0 Å². The third-order valence-corrected chi connectivity index (χ3v) is 8.15. The van der Waals surface area contributed by atoms with E-state index in [9.17, 15) is 9.59 Å². The molecule has 2 saturated heterocycles. The lowest BCUT2D eigenvalue weighted by Crippen LogP contribution is -2.42. The number of anilines is 1. The van der Waals surface area contributed by atoms with Crippen LogP contribution in [0.1, 0.15) is 53.5 Å². The summed E-state index contributed by atoms with van der Waals surface area (Å²) >= 11 is 0. The fourth-order valence-electron chi connectivity index (χ4n) is 5.99. The van der Waals surface area contributed by atoms with Crippen LogP contribution in [0.2, 0.25) is 0 Å².